The third-order valence-electron chi connectivity index (χ3n) is 6.05. The molecule has 1 aromatic rings. The third kappa shape index (κ3) is 11.5. The van der Waals surface area contributed by atoms with E-state index in [0.717, 1.165) is 37.7 Å². The molecule has 0 spiro atoms. The van der Waals surface area contributed by atoms with Gasteiger partial charge >= 0.3 is 6.09 Å². The summed E-state index contributed by atoms with van der Waals surface area (Å²) < 4.78 is 5.32. The highest BCUT2D eigenvalue weighted by atomic mass is 16.6. The molecule has 9 nitrogen and oxygen atoms in total. The van der Waals surface area contributed by atoms with Crippen LogP contribution in [0, 0.1) is 0 Å². The summed E-state index contributed by atoms with van der Waals surface area (Å²) >= 11 is 0. The molecule has 0 aliphatic heterocycles. The molecule has 214 valence electrons. The van der Waals surface area contributed by atoms with E-state index in [-0.39, 0.29) is 18.5 Å². The first-order chi connectivity index (χ1) is 17.8. The summed E-state index contributed by atoms with van der Waals surface area (Å²) in [6, 6.07) is 5.30. The van der Waals surface area contributed by atoms with Crippen LogP contribution < -0.4 is 16.4 Å². The number of benzene rings is 1. The maximum atomic E-state index is 14.0. The van der Waals surface area contributed by atoms with Gasteiger partial charge < -0.3 is 26.0 Å². The standard InChI is InChI=1S/C29H48N4O5/c1-8-11-12-18-33(27(36)23(19-24(30)34)32-28(37)38-29(5,6)7)25(26(35)31-20(4)13-9-2)22-16-14-21(10-3)15-17-22/h14-17,20,23,25H,8-13,18-19H2,1-7H3,(H2,30,34)(H,31,35)(H,32,37). The molecule has 1 aromatic carbocycles. The summed E-state index contributed by atoms with van der Waals surface area (Å²) in [6.07, 6.45) is 3.69. The number of amides is 4. The Bertz CT molecular complexity index is 911. The average Bonchev–Trinajstić information content (AvgIpc) is 2.81. The van der Waals surface area contributed by atoms with Gasteiger partial charge in [0.05, 0.1) is 6.42 Å². The predicted molar refractivity (Wildman–Crippen MR) is 149 cm³/mol. The lowest BCUT2D eigenvalue weighted by atomic mass is 9.99. The molecular formula is C29H48N4O5. The monoisotopic (exact) mass is 532 g/mol. The number of ether oxygens (including phenoxy) is 1. The minimum atomic E-state index is -1.28. The van der Waals surface area contributed by atoms with Crippen LogP contribution in [0.4, 0.5) is 4.79 Å². The Hall–Kier alpha value is -3.10. The number of unbranched alkanes of at least 4 members (excludes halogenated alkanes) is 2. The molecule has 0 heterocycles. The zero-order valence-corrected chi connectivity index (χ0v) is 24.3. The molecule has 0 radical (unpaired) electrons. The molecule has 0 aliphatic rings. The molecule has 0 aromatic heterocycles. The fourth-order valence-electron chi connectivity index (χ4n) is 4.19. The SMILES string of the molecule is CCCCCN(C(=O)C(CC(N)=O)NC(=O)OC(C)(C)C)C(C(=O)NC(C)CCC)c1ccc(CC)cc1. The van der Waals surface area contributed by atoms with Crippen molar-refractivity contribution in [2.75, 3.05) is 6.54 Å². The minimum Gasteiger partial charge on any atom is -0.444 e. The first-order valence-corrected chi connectivity index (χ1v) is 13.8. The lowest BCUT2D eigenvalue weighted by Gasteiger charge is -2.35. The van der Waals surface area contributed by atoms with Crippen LogP contribution >= 0.6 is 0 Å². The normalized spacial score (nSPS) is 13.7. The van der Waals surface area contributed by atoms with Gasteiger partial charge in [0.2, 0.25) is 17.7 Å². The topological polar surface area (TPSA) is 131 Å². The van der Waals surface area contributed by atoms with E-state index < -0.39 is 42.0 Å². The Kier molecular flexibility index (Phi) is 13.9. The van der Waals surface area contributed by atoms with Crippen molar-refractivity contribution in [1.82, 2.24) is 15.5 Å². The van der Waals surface area contributed by atoms with Crippen LogP contribution in [-0.2, 0) is 25.5 Å². The maximum absolute atomic E-state index is 14.0. The van der Waals surface area contributed by atoms with Gasteiger partial charge in [-0.1, -0.05) is 64.3 Å². The molecule has 3 atom stereocenters. The lowest BCUT2D eigenvalue weighted by Crippen LogP contribution is -2.54. The molecule has 38 heavy (non-hydrogen) atoms. The number of alkyl carbamates (subject to hydrolysis) is 1. The summed E-state index contributed by atoms with van der Waals surface area (Å²) in [5.74, 6) is -1.62. The second-order valence-corrected chi connectivity index (χ2v) is 10.8. The van der Waals surface area contributed by atoms with Crippen molar-refractivity contribution >= 4 is 23.8 Å². The van der Waals surface area contributed by atoms with Gasteiger partial charge in [0.25, 0.3) is 0 Å². The summed E-state index contributed by atoms with van der Waals surface area (Å²) in [4.78, 5) is 53.6. The molecule has 9 heteroatoms. The fraction of sp³-hybridized carbons (Fsp3) is 0.655. The lowest BCUT2D eigenvalue weighted by molar-refractivity contribution is -0.143. The Labute approximate surface area is 228 Å². The molecule has 0 saturated carbocycles. The first-order valence-electron chi connectivity index (χ1n) is 13.8. The van der Waals surface area contributed by atoms with Crippen LogP contribution in [0.25, 0.3) is 0 Å². The fourth-order valence-corrected chi connectivity index (χ4v) is 4.19. The van der Waals surface area contributed by atoms with E-state index >= 15 is 0 Å². The quantitative estimate of drug-likeness (QED) is 0.289. The second-order valence-electron chi connectivity index (χ2n) is 10.8. The highest BCUT2D eigenvalue weighted by Crippen LogP contribution is 2.25. The maximum Gasteiger partial charge on any atom is 0.408 e. The summed E-state index contributed by atoms with van der Waals surface area (Å²) in [5.41, 5.74) is 6.41. The van der Waals surface area contributed by atoms with Crippen molar-refractivity contribution in [1.29, 1.82) is 0 Å². The number of primary amides is 1. The highest BCUT2D eigenvalue weighted by molar-refractivity contribution is 5.94. The highest BCUT2D eigenvalue weighted by Gasteiger charge is 2.37. The van der Waals surface area contributed by atoms with E-state index in [0.29, 0.717) is 12.0 Å². The van der Waals surface area contributed by atoms with Crippen molar-refractivity contribution in [3.05, 3.63) is 35.4 Å². The number of carbonyl (C=O) groups excluding carboxylic acids is 4. The van der Waals surface area contributed by atoms with Crippen LogP contribution in [0.3, 0.4) is 0 Å². The van der Waals surface area contributed by atoms with E-state index in [2.05, 4.69) is 10.6 Å². The van der Waals surface area contributed by atoms with Gasteiger partial charge in [0, 0.05) is 12.6 Å². The summed E-state index contributed by atoms with van der Waals surface area (Å²) in [7, 11) is 0. The Morgan fingerprint density at radius 3 is 2.11 bits per heavy atom. The molecule has 4 amide bonds. The third-order valence-corrected chi connectivity index (χ3v) is 6.05. The van der Waals surface area contributed by atoms with Crippen LogP contribution in [0.5, 0.6) is 0 Å². The molecule has 1 rings (SSSR count). The second kappa shape index (κ2) is 16.0. The zero-order valence-electron chi connectivity index (χ0n) is 24.3. The number of nitrogens with zero attached hydrogens (tertiary/aromatic N) is 1. The molecule has 0 fully saturated rings. The van der Waals surface area contributed by atoms with Gasteiger partial charge in [-0.25, -0.2) is 4.79 Å². The summed E-state index contributed by atoms with van der Waals surface area (Å²) in [6.45, 7) is 13.4. The number of nitrogens with one attached hydrogen (secondary N) is 2. The number of nitrogens with two attached hydrogens (primary N) is 1. The van der Waals surface area contributed by atoms with E-state index in [4.69, 9.17) is 10.5 Å². The largest absolute Gasteiger partial charge is 0.444 e. The number of rotatable bonds is 15. The van der Waals surface area contributed by atoms with E-state index in [9.17, 15) is 19.2 Å². The molecule has 4 N–H and O–H groups in total. The number of aryl methyl sites for hydroxylation is 1. The van der Waals surface area contributed by atoms with Gasteiger partial charge in [-0.2, -0.15) is 0 Å². The van der Waals surface area contributed by atoms with E-state index in [1.54, 1.807) is 20.8 Å². The molecule has 3 unspecified atom stereocenters. The van der Waals surface area contributed by atoms with Crippen LogP contribution in [0.2, 0.25) is 0 Å². The van der Waals surface area contributed by atoms with Gasteiger partial charge in [-0.3, -0.25) is 14.4 Å². The van der Waals surface area contributed by atoms with Crippen molar-refractivity contribution in [3.8, 4) is 0 Å². The van der Waals surface area contributed by atoms with Crippen LogP contribution in [0.15, 0.2) is 24.3 Å². The Morgan fingerprint density at radius 2 is 1.61 bits per heavy atom. The predicted octanol–water partition coefficient (Wildman–Crippen LogP) is 4.38. The van der Waals surface area contributed by atoms with Crippen molar-refractivity contribution in [3.63, 3.8) is 0 Å². The summed E-state index contributed by atoms with van der Waals surface area (Å²) in [5, 5.41) is 5.56. The number of hydrogen-bond donors (Lipinski definition) is 3. The number of carbonyl (C=O) groups is 4. The van der Waals surface area contributed by atoms with E-state index in [1.165, 1.54) is 4.90 Å². The van der Waals surface area contributed by atoms with Crippen LogP contribution in [0.1, 0.15) is 104 Å². The van der Waals surface area contributed by atoms with E-state index in [1.807, 2.05) is 52.0 Å². The van der Waals surface area contributed by atoms with Crippen molar-refractivity contribution < 1.29 is 23.9 Å². The minimum absolute atomic E-state index is 0.0844. The van der Waals surface area contributed by atoms with Gasteiger partial charge in [-0.05, 0) is 58.1 Å². The first kappa shape index (κ1) is 32.9. The van der Waals surface area contributed by atoms with Crippen LogP contribution in [-0.4, -0.2) is 52.9 Å². The molecule has 0 saturated heterocycles. The smallest absolute Gasteiger partial charge is 0.408 e. The Morgan fingerprint density at radius 1 is 0.974 bits per heavy atom. The van der Waals surface area contributed by atoms with Gasteiger partial charge in [0.15, 0.2) is 0 Å². The van der Waals surface area contributed by atoms with Crippen molar-refractivity contribution in [2.24, 2.45) is 5.73 Å². The molecule has 0 bridgehead atoms. The van der Waals surface area contributed by atoms with Gasteiger partial charge in [-0.15, -0.1) is 0 Å². The van der Waals surface area contributed by atoms with Gasteiger partial charge in [0.1, 0.15) is 17.7 Å². The zero-order chi connectivity index (χ0) is 28.9. The molecule has 0 aliphatic carbocycles. The average molecular weight is 533 g/mol. The molecular weight excluding hydrogens is 484 g/mol. The Balaban J connectivity index is 3.51. The number of hydrogen-bond acceptors (Lipinski definition) is 5. The van der Waals surface area contributed by atoms with Crippen molar-refractivity contribution in [2.45, 2.75) is 117 Å².